The van der Waals surface area contributed by atoms with Crippen LogP contribution in [0.2, 0.25) is 5.02 Å². The third-order valence-corrected chi connectivity index (χ3v) is 5.68. The van der Waals surface area contributed by atoms with E-state index in [4.69, 9.17) is 16.3 Å². The summed E-state index contributed by atoms with van der Waals surface area (Å²) in [5, 5.41) is 0.249. The number of ether oxygens (including phenoxy) is 1. The van der Waals surface area contributed by atoms with Gasteiger partial charge in [0.15, 0.2) is 0 Å². The largest absolute Gasteiger partial charge is 0.491 e. The van der Waals surface area contributed by atoms with Gasteiger partial charge in [-0.05, 0) is 59.5 Å². The lowest BCUT2D eigenvalue weighted by Crippen LogP contribution is -2.32. The highest BCUT2D eigenvalue weighted by molar-refractivity contribution is 8.18. The van der Waals surface area contributed by atoms with Gasteiger partial charge in [-0.15, -0.1) is 0 Å². The predicted molar refractivity (Wildman–Crippen MR) is 115 cm³/mol. The maximum atomic E-state index is 12.6. The van der Waals surface area contributed by atoms with E-state index in [9.17, 15) is 9.59 Å². The standard InChI is InChI=1S/C22H22ClNO3S/c1-14(2)17-9-8-15(3)12-19(17)27-11-10-24-21(25)20(28-22(24)26)13-16-6-4-5-7-18(16)23/h4-9,12-14H,10-11H2,1-3H3/b20-13-. The van der Waals surface area contributed by atoms with Crippen molar-refractivity contribution in [2.75, 3.05) is 13.2 Å². The van der Waals surface area contributed by atoms with E-state index in [1.807, 2.05) is 31.2 Å². The van der Waals surface area contributed by atoms with Crippen LogP contribution in [0.1, 0.15) is 36.5 Å². The number of rotatable bonds is 6. The molecule has 28 heavy (non-hydrogen) atoms. The first-order chi connectivity index (χ1) is 13.4. The third-order valence-electron chi connectivity index (χ3n) is 4.43. The summed E-state index contributed by atoms with van der Waals surface area (Å²) in [4.78, 5) is 26.5. The number of imide groups is 1. The zero-order valence-corrected chi connectivity index (χ0v) is 17.6. The zero-order chi connectivity index (χ0) is 20.3. The summed E-state index contributed by atoms with van der Waals surface area (Å²) >= 11 is 7.07. The van der Waals surface area contributed by atoms with Crippen LogP contribution in [0.5, 0.6) is 5.75 Å². The van der Waals surface area contributed by atoms with Gasteiger partial charge in [0.25, 0.3) is 11.1 Å². The highest BCUT2D eigenvalue weighted by Gasteiger charge is 2.34. The molecule has 1 heterocycles. The topological polar surface area (TPSA) is 46.6 Å². The van der Waals surface area contributed by atoms with Crippen molar-refractivity contribution in [3.05, 3.63) is 69.1 Å². The Morgan fingerprint density at radius 2 is 1.93 bits per heavy atom. The average Bonchev–Trinajstić information content (AvgIpc) is 2.91. The van der Waals surface area contributed by atoms with Crippen LogP contribution in [0.3, 0.4) is 0 Å². The van der Waals surface area contributed by atoms with Crippen molar-refractivity contribution in [2.24, 2.45) is 0 Å². The smallest absolute Gasteiger partial charge is 0.293 e. The van der Waals surface area contributed by atoms with Crippen molar-refractivity contribution in [3.8, 4) is 5.75 Å². The van der Waals surface area contributed by atoms with E-state index >= 15 is 0 Å². The first kappa shape index (κ1) is 20.5. The summed E-state index contributed by atoms with van der Waals surface area (Å²) in [6.07, 6.45) is 1.66. The lowest BCUT2D eigenvalue weighted by Gasteiger charge is -2.17. The highest BCUT2D eigenvalue weighted by Crippen LogP contribution is 2.33. The molecule has 0 atom stereocenters. The van der Waals surface area contributed by atoms with Crippen molar-refractivity contribution >= 4 is 40.6 Å². The van der Waals surface area contributed by atoms with Gasteiger partial charge in [0.2, 0.25) is 0 Å². The van der Waals surface area contributed by atoms with Gasteiger partial charge in [0, 0.05) is 5.02 Å². The van der Waals surface area contributed by atoms with Crippen molar-refractivity contribution in [1.82, 2.24) is 4.90 Å². The fraction of sp³-hybridized carbons (Fsp3) is 0.273. The molecule has 146 valence electrons. The van der Waals surface area contributed by atoms with E-state index in [0.29, 0.717) is 21.4 Å². The number of carbonyl (C=O) groups excluding carboxylic acids is 2. The molecule has 0 spiro atoms. The molecular formula is C22H22ClNO3S. The van der Waals surface area contributed by atoms with Gasteiger partial charge in [-0.3, -0.25) is 14.5 Å². The molecule has 2 amide bonds. The van der Waals surface area contributed by atoms with Gasteiger partial charge in [-0.2, -0.15) is 0 Å². The number of nitrogens with zero attached hydrogens (tertiary/aromatic N) is 1. The number of hydrogen-bond donors (Lipinski definition) is 0. The number of halogens is 1. The number of thioether (sulfide) groups is 1. The Labute approximate surface area is 174 Å². The Morgan fingerprint density at radius 3 is 2.64 bits per heavy atom. The molecule has 4 nitrogen and oxygen atoms in total. The first-order valence-corrected chi connectivity index (χ1v) is 10.3. The van der Waals surface area contributed by atoms with Gasteiger partial charge in [-0.25, -0.2) is 0 Å². The molecule has 0 aliphatic carbocycles. The van der Waals surface area contributed by atoms with E-state index < -0.39 is 0 Å². The molecule has 0 N–H and O–H groups in total. The number of benzene rings is 2. The summed E-state index contributed by atoms with van der Waals surface area (Å²) in [5.41, 5.74) is 2.93. The maximum Gasteiger partial charge on any atom is 0.293 e. The van der Waals surface area contributed by atoms with E-state index in [1.54, 1.807) is 12.1 Å². The van der Waals surface area contributed by atoms with Crippen molar-refractivity contribution in [1.29, 1.82) is 0 Å². The van der Waals surface area contributed by atoms with E-state index in [-0.39, 0.29) is 24.3 Å². The van der Waals surface area contributed by atoms with Crippen molar-refractivity contribution < 1.29 is 14.3 Å². The van der Waals surface area contributed by atoms with Crippen LogP contribution in [0, 0.1) is 6.92 Å². The number of carbonyl (C=O) groups is 2. The predicted octanol–water partition coefficient (Wildman–Crippen LogP) is 5.89. The minimum absolute atomic E-state index is 0.204. The second-order valence-corrected chi connectivity index (χ2v) is 8.30. The minimum Gasteiger partial charge on any atom is -0.491 e. The number of amides is 2. The van der Waals surface area contributed by atoms with Crippen molar-refractivity contribution in [2.45, 2.75) is 26.7 Å². The SMILES string of the molecule is Cc1ccc(C(C)C)c(OCCN2C(=O)S/C(=C\c3ccccc3Cl)C2=O)c1. The second-order valence-electron chi connectivity index (χ2n) is 6.90. The highest BCUT2D eigenvalue weighted by atomic mass is 35.5. The third kappa shape index (κ3) is 4.59. The summed E-state index contributed by atoms with van der Waals surface area (Å²) in [7, 11) is 0. The van der Waals surface area contributed by atoms with Crippen LogP contribution in [-0.4, -0.2) is 29.2 Å². The quantitative estimate of drug-likeness (QED) is 0.552. The van der Waals surface area contributed by atoms with Crippen LogP contribution in [0.15, 0.2) is 47.4 Å². The van der Waals surface area contributed by atoms with Gasteiger partial charge in [0.1, 0.15) is 12.4 Å². The van der Waals surface area contributed by atoms with E-state index in [0.717, 1.165) is 28.6 Å². The fourth-order valence-electron chi connectivity index (χ4n) is 2.92. The van der Waals surface area contributed by atoms with E-state index in [1.165, 1.54) is 4.90 Å². The van der Waals surface area contributed by atoms with Crippen LogP contribution in [0.25, 0.3) is 6.08 Å². The molecule has 1 aliphatic heterocycles. The molecule has 0 bridgehead atoms. The molecule has 3 rings (SSSR count). The molecule has 0 aromatic heterocycles. The van der Waals surface area contributed by atoms with Crippen molar-refractivity contribution in [3.63, 3.8) is 0 Å². The molecule has 0 unspecified atom stereocenters. The molecule has 1 saturated heterocycles. The van der Waals surface area contributed by atoms with Gasteiger partial charge >= 0.3 is 0 Å². The molecule has 1 fully saturated rings. The van der Waals surface area contributed by atoms with Gasteiger partial charge < -0.3 is 4.74 Å². The summed E-state index contributed by atoms with van der Waals surface area (Å²) in [5.74, 6) is 0.812. The zero-order valence-electron chi connectivity index (χ0n) is 16.1. The molecular weight excluding hydrogens is 394 g/mol. The second kappa shape index (κ2) is 8.84. The normalized spacial score (nSPS) is 15.8. The molecule has 0 saturated carbocycles. The van der Waals surface area contributed by atoms with Crippen LogP contribution in [-0.2, 0) is 4.79 Å². The summed E-state index contributed by atoms with van der Waals surface area (Å²) in [6, 6.07) is 13.3. The Kier molecular flexibility index (Phi) is 6.47. The Morgan fingerprint density at radius 1 is 1.18 bits per heavy atom. The first-order valence-electron chi connectivity index (χ1n) is 9.10. The summed E-state index contributed by atoms with van der Waals surface area (Å²) in [6.45, 7) is 6.67. The minimum atomic E-state index is -0.313. The average molecular weight is 416 g/mol. The molecule has 0 radical (unpaired) electrons. The molecule has 6 heteroatoms. The lowest BCUT2D eigenvalue weighted by atomic mass is 10.0. The van der Waals surface area contributed by atoms with Crippen LogP contribution < -0.4 is 4.74 Å². The summed E-state index contributed by atoms with van der Waals surface area (Å²) < 4.78 is 5.91. The van der Waals surface area contributed by atoms with Gasteiger partial charge in [-0.1, -0.05) is 55.8 Å². The molecule has 2 aromatic rings. The number of aryl methyl sites for hydroxylation is 1. The molecule has 2 aromatic carbocycles. The lowest BCUT2D eigenvalue weighted by molar-refractivity contribution is -0.123. The van der Waals surface area contributed by atoms with Crippen LogP contribution in [0.4, 0.5) is 4.79 Å². The van der Waals surface area contributed by atoms with E-state index in [2.05, 4.69) is 26.0 Å². The fourth-order valence-corrected chi connectivity index (χ4v) is 3.96. The monoisotopic (exact) mass is 415 g/mol. The van der Waals surface area contributed by atoms with Crippen LogP contribution >= 0.6 is 23.4 Å². The Balaban J connectivity index is 1.68. The Bertz CT molecular complexity index is 939. The maximum absolute atomic E-state index is 12.6. The Hall–Kier alpha value is -2.24. The number of hydrogen-bond acceptors (Lipinski definition) is 4. The molecule has 1 aliphatic rings. The van der Waals surface area contributed by atoms with Gasteiger partial charge in [0.05, 0.1) is 11.4 Å².